The lowest BCUT2D eigenvalue weighted by Crippen LogP contribution is -2.78. The van der Waals surface area contributed by atoms with Gasteiger partial charge >= 0.3 is 6.18 Å². The first-order chi connectivity index (χ1) is 19.0. The van der Waals surface area contributed by atoms with E-state index in [0.717, 1.165) is 36.3 Å². The number of likely N-dealkylation sites (N-methyl/N-ethyl adjacent to an activating group) is 1. The van der Waals surface area contributed by atoms with Crippen LogP contribution >= 0.6 is 0 Å². The first kappa shape index (κ1) is 25.9. The second-order valence-corrected chi connectivity index (χ2v) is 12.3. The van der Waals surface area contributed by atoms with E-state index in [4.69, 9.17) is 4.74 Å². The third-order valence-electron chi connectivity index (χ3n) is 10.2. The number of aliphatic hydroxyl groups is 1. The van der Waals surface area contributed by atoms with Gasteiger partial charge in [0.25, 0.3) is 0 Å². The number of hydrogen-bond donors (Lipinski definition) is 2. The van der Waals surface area contributed by atoms with Crippen LogP contribution in [-0.4, -0.2) is 69.8 Å². The van der Waals surface area contributed by atoms with Crippen molar-refractivity contribution in [2.75, 3.05) is 20.1 Å². The zero-order valence-corrected chi connectivity index (χ0v) is 22.3. The zero-order chi connectivity index (χ0) is 28.0. The van der Waals surface area contributed by atoms with Crippen LogP contribution in [0.25, 0.3) is 6.08 Å². The molecule has 2 heterocycles. The normalized spacial score (nSPS) is 32.6. The maximum absolute atomic E-state index is 13.4. The summed E-state index contributed by atoms with van der Waals surface area (Å²) < 4.78 is 45.9. The Morgan fingerprint density at radius 1 is 1.20 bits per heavy atom. The Morgan fingerprint density at radius 2 is 2.00 bits per heavy atom. The molecule has 0 unspecified atom stereocenters. The molecule has 1 spiro atoms. The van der Waals surface area contributed by atoms with E-state index >= 15 is 0 Å². The molecular formula is C31H33F3N2O4. The molecule has 6 nitrogen and oxygen atoms in total. The van der Waals surface area contributed by atoms with Crippen LogP contribution in [0.5, 0.6) is 11.5 Å². The quantitative estimate of drug-likeness (QED) is 0.532. The molecule has 2 aromatic carbocycles. The van der Waals surface area contributed by atoms with Gasteiger partial charge in [0.15, 0.2) is 11.5 Å². The lowest BCUT2D eigenvalue weighted by Gasteiger charge is -2.64. The molecule has 3 aliphatic carbocycles. The van der Waals surface area contributed by atoms with Crippen molar-refractivity contribution in [1.29, 1.82) is 0 Å². The van der Waals surface area contributed by atoms with Gasteiger partial charge in [0.1, 0.15) is 6.10 Å². The number of phenolic OH excluding ortho intramolecular Hbond substituents is 1. The average molecular weight is 555 g/mol. The summed E-state index contributed by atoms with van der Waals surface area (Å²) >= 11 is 0. The molecule has 3 fully saturated rings. The van der Waals surface area contributed by atoms with Crippen LogP contribution in [0.4, 0.5) is 13.2 Å². The maximum atomic E-state index is 13.4. The molecule has 0 radical (unpaired) electrons. The number of alkyl halides is 3. The fraction of sp³-hybridized carbons (Fsp3) is 0.516. The smallest absolute Gasteiger partial charge is 0.416 e. The van der Waals surface area contributed by atoms with Crippen molar-refractivity contribution in [3.05, 3.63) is 64.7 Å². The van der Waals surface area contributed by atoms with Crippen LogP contribution < -0.4 is 4.74 Å². The topological polar surface area (TPSA) is 73.2 Å². The summed E-state index contributed by atoms with van der Waals surface area (Å²) in [6.45, 7) is 1.80. The molecule has 5 atom stereocenters. The number of benzene rings is 2. The summed E-state index contributed by atoms with van der Waals surface area (Å²) in [6, 6.07) is 8.03. The Hall–Kier alpha value is -3.04. The number of hydrogen-bond acceptors (Lipinski definition) is 5. The number of carbonyl (C=O) groups is 1. The highest BCUT2D eigenvalue weighted by Crippen LogP contribution is 2.66. The van der Waals surface area contributed by atoms with Gasteiger partial charge in [-0.1, -0.05) is 18.2 Å². The standard InChI is InChI=1S/C31H33F3N2O4/c1-35(25(38)10-7-18-3-2-4-21(15-18)31(32,33)34)22-11-12-30(39)24-16-20-8-9-23(37)27-26(20)29(30,28(22)40-27)13-14-36(24)17-19-5-6-19/h2-4,7-10,15,19,22,24,28,37,39H,5-6,11-14,16-17H2,1H3/b10-7+/t22-,24-,28+,29+,30-/m1/s1. The summed E-state index contributed by atoms with van der Waals surface area (Å²) in [5.74, 6) is 0.795. The minimum Gasteiger partial charge on any atom is -0.504 e. The van der Waals surface area contributed by atoms with E-state index in [1.165, 1.54) is 37.1 Å². The van der Waals surface area contributed by atoms with E-state index in [1.54, 1.807) is 18.0 Å². The predicted octanol–water partition coefficient (Wildman–Crippen LogP) is 4.52. The molecule has 5 aliphatic rings. The van der Waals surface area contributed by atoms with Crippen molar-refractivity contribution in [3.8, 4) is 11.5 Å². The van der Waals surface area contributed by atoms with Gasteiger partial charge in [0.05, 0.1) is 22.6 Å². The number of aromatic hydroxyl groups is 1. The van der Waals surface area contributed by atoms with Gasteiger partial charge in [-0.15, -0.1) is 0 Å². The van der Waals surface area contributed by atoms with Crippen LogP contribution in [0.15, 0.2) is 42.5 Å². The number of nitrogens with zero attached hydrogens (tertiary/aromatic N) is 2. The summed E-state index contributed by atoms with van der Waals surface area (Å²) in [5.41, 5.74) is -0.303. The minimum absolute atomic E-state index is 0.0425. The van der Waals surface area contributed by atoms with Gasteiger partial charge in [0.2, 0.25) is 5.91 Å². The second kappa shape index (κ2) is 8.73. The molecule has 7 rings (SSSR count). The molecule has 0 aromatic heterocycles. The molecule has 1 amide bonds. The molecular weight excluding hydrogens is 521 g/mol. The van der Waals surface area contributed by atoms with Crippen molar-refractivity contribution in [3.63, 3.8) is 0 Å². The van der Waals surface area contributed by atoms with Gasteiger partial charge in [-0.25, -0.2) is 0 Å². The van der Waals surface area contributed by atoms with Gasteiger partial charge in [0, 0.05) is 31.3 Å². The molecule has 9 heteroatoms. The van der Waals surface area contributed by atoms with Crippen LogP contribution in [0.1, 0.15) is 54.4 Å². The molecule has 2 bridgehead atoms. The summed E-state index contributed by atoms with van der Waals surface area (Å²) in [5, 5.41) is 23.4. The van der Waals surface area contributed by atoms with E-state index < -0.39 is 28.9 Å². The van der Waals surface area contributed by atoms with E-state index in [-0.39, 0.29) is 29.3 Å². The van der Waals surface area contributed by atoms with Gasteiger partial charge in [-0.3, -0.25) is 9.69 Å². The van der Waals surface area contributed by atoms with Crippen molar-refractivity contribution in [2.45, 2.75) is 73.9 Å². The second-order valence-electron chi connectivity index (χ2n) is 12.3. The van der Waals surface area contributed by atoms with E-state index in [0.29, 0.717) is 37.4 Å². The molecule has 212 valence electrons. The number of ether oxygens (including phenoxy) is 1. The molecule has 2 saturated carbocycles. The molecule has 2 N–H and O–H groups in total. The van der Waals surface area contributed by atoms with Crippen LogP contribution in [0.2, 0.25) is 0 Å². The van der Waals surface area contributed by atoms with Crippen LogP contribution in [0, 0.1) is 5.92 Å². The summed E-state index contributed by atoms with van der Waals surface area (Å²) in [7, 11) is 1.68. The highest BCUT2D eigenvalue weighted by molar-refractivity contribution is 5.92. The third-order valence-corrected chi connectivity index (χ3v) is 10.2. The molecule has 40 heavy (non-hydrogen) atoms. The van der Waals surface area contributed by atoms with Crippen molar-refractivity contribution in [1.82, 2.24) is 9.80 Å². The number of amides is 1. The predicted molar refractivity (Wildman–Crippen MR) is 142 cm³/mol. The fourth-order valence-electron chi connectivity index (χ4n) is 8.12. The van der Waals surface area contributed by atoms with E-state index in [9.17, 15) is 28.2 Å². The Kier molecular flexibility index (Phi) is 5.65. The minimum atomic E-state index is -4.46. The third kappa shape index (κ3) is 3.66. The number of rotatable bonds is 5. The van der Waals surface area contributed by atoms with Gasteiger partial charge in [-0.2, -0.15) is 13.2 Å². The highest BCUT2D eigenvalue weighted by atomic mass is 19.4. The number of phenols is 1. The molecule has 1 saturated heterocycles. The van der Waals surface area contributed by atoms with Crippen LogP contribution in [-0.2, 0) is 22.8 Å². The summed E-state index contributed by atoms with van der Waals surface area (Å²) in [4.78, 5) is 17.4. The largest absolute Gasteiger partial charge is 0.504 e. The monoisotopic (exact) mass is 554 g/mol. The lowest BCUT2D eigenvalue weighted by atomic mass is 9.48. The summed E-state index contributed by atoms with van der Waals surface area (Å²) in [6.07, 6.45) is 2.51. The average Bonchev–Trinajstić information content (AvgIpc) is 3.66. The Balaban J connectivity index is 1.21. The Bertz CT molecular complexity index is 1410. The van der Waals surface area contributed by atoms with Gasteiger partial charge in [-0.05, 0) is 86.4 Å². The Morgan fingerprint density at radius 3 is 2.75 bits per heavy atom. The van der Waals surface area contributed by atoms with E-state index in [2.05, 4.69) is 4.90 Å². The SMILES string of the molecule is CN(C(=O)/C=C/c1cccc(C(F)(F)F)c1)[C@@H]1CC[C@@]2(O)[C@H]3Cc4ccc(O)c5c4[C@@]2(CCN3CC2CC2)[C@H]1O5. The molecule has 2 aliphatic heterocycles. The van der Waals surface area contributed by atoms with Crippen LogP contribution in [0.3, 0.4) is 0 Å². The fourth-order valence-corrected chi connectivity index (χ4v) is 8.12. The maximum Gasteiger partial charge on any atom is 0.416 e. The first-order valence-corrected chi connectivity index (χ1v) is 14.1. The lowest BCUT2D eigenvalue weighted by molar-refractivity contribution is -0.200. The van der Waals surface area contributed by atoms with E-state index in [1.807, 2.05) is 6.07 Å². The van der Waals surface area contributed by atoms with Crippen molar-refractivity contribution in [2.24, 2.45) is 5.92 Å². The number of halogens is 3. The van der Waals surface area contributed by atoms with Crippen molar-refractivity contribution >= 4 is 12.0 Å². The zero-order valence-electron chi connectivity index (χ0n) is 22.3. The molecule has 2 aromatic rings. The number of carbonyl (C=O) groups excluding carboxylic acids is 1. The number of likely N-dealkylation sites (tertiary alicyclic amines) is 1. The number of piperidine rings is 1. The highest BCUT2D eigenvalue weighted by Gasteiger charge is 2.73. The Labute approximate surface area is 231 Å². The van der Waals surface area contributed by atoms with Crippen molar-refractivity contribution < 1.29 is 32.9 Å². The van der Waals surface area contributed by atoms with Gasteiger partial charge < -0.3 is 19.8 Å². The first-order valence-electron chi connectivity index (χ1n) is 14.1.